The summed E-state index contributed by atoms with van der Waals surface area (Å²) in [5, 5.41) is 14.2. The van der Waals surface area contributed by atoms with Gasteiger partial charge in [0.15, 0.2) is 6.61 Å². The molecule has 4 fully saturated rings. The van der Waals surface area contributed by atoms with Gasteiger partial charge in [-0.05, 0) is 73.5 Å². The average Bonchev–Trinajstić information content (AvgIpc) is 2.57. The van der Waals surface area contributed by atoms with E-state index in [2.05, 4.69) is 5.32 Å². The van der Waals surface area contributed by atoms with Crippen LogP contribution in [0.1, 0.15) is 50.5 Å². The Morgan fingerprint density at radius 2 is 1.81 bits per heavy atom. The molecule has 5 nitrogen and oxygen atoms in total. The molecule has 1 aromatic carbocycles. The van der Waals surface area contributed by atoms with Gasteiger partial charge in [-0.1, -0.05) is 23.7 Å². The zero-order chi connectivity index (χ0) is 19.1. The summed E-state index contributed by atoms with van der Waals surface area (Å²) in [4.78, 5) is 24.3. The number of esters is 1. The monoisotopic (exact) mass is 391 g/mol. The van der Waals surface area contributed by atoms with Crippen LogP contribution >= 0.6 is 11.6 Å². The second kappa shape index (κ2) is 7.10. The second-order valence-corrected chi connectivity index (χ2v) is 9.36. The third kappa shape index (κ3) is 4.30. The predicted molar refractivity (Wildman–Crippen MR) is 101 cm³/mol. The van der Waals surface area contributed by atoms with E-state index >= 15 is 0 Å². The van der Waals surface area contributed by atoms with Gasteiger partial charge in [-0.2, -0.15) is 0 Å². The summed E-state index contributed by atoms with van der Waals surface area (Å²) in [5.74, 6) is 0.420. The Hall–Kier alpha value is -1.59. The highest BCUT2D eigenvalue weighted by Crippen LogP contribution is 2.62. The minimum Gasteiger partial charge on any atom is -0.456 e. The number of hydrogen-bond donors (Lipinski definition) is 2. The van der Waals surface area contributed by atoms with Crippen LogP contribution in [0, 0.1) is 17.3 Å². The number of carbonyl (C=O) groups excluding carboxylic acids is 2. The van der Waals surface area contributed by atoms with E-state index in [9.17, 15) is 14.7 Å². The first-order chi connectivity index (χ1) is 12.8. The fourth-order valence-electron chi connectivity index (χ4n) is 5.97. The summed E-state index contributed by atoms with van der Waals surface area (Å²) in [6.45, 7) is 0.105. The highest BCUT2D eigenvalue weighted by Gasteiger charge is 2.57. The van der Waals surface area contributed by atoms with Gasteiger partial charge in [-0.25, -0.2) is 0 Å². The van der Waals surface area contributed by atoms with Gasteiger partial charge in [0.25, 0.3) is 5.91 Å². The highest BCUT2D eigenvalue weighted by atomic mass is 35.5. The largest absolute Gasteiger partial charge is 0.456 e. The molecule has 0 radical (unpaired) electrons. The molecule has 5 rings (SSSR count). The number of halogens is 1. The molecule has 0 saturated heterocycles. The summed E-state index contributed by atoms with van der Waals surface area (Å²) < 4.78 is 5.23. The molecule has 0 aromatic heterocycles. The molecule has 1 aromatic rings. The SMILES string of the molecule is O=C(COC(=O)CC12C[C@@H]3C[C@@H](CC(O)(C3)C1)C2)NCc1ccc(Cl)cc1. The van der Waals surface area contributed by atoms with Crippen molar-refractivity contribution in [3.8, 4) is 0 Å². The van der Waals surface area contributed by atoms with Crippen LogP contribution < -0.4 is 5.32 Å². The number of carbonyl (C=O) groups is 2. The molecule has 0 heterocycles. The molecule has 2 N–H and O–H groups in total. The van der Waals surface area contributed by atoms with Crippen LogP contribution in [-0.4, -0.2) is 29.2 Å². The van der Waals surface area contributed by atoms with Gasteiger partial charge >= 0.3 is 5.97 Å². The van der Waals surface area contributed by atoms with Crippen molar-refractivity contribution < 1.29 is 19.4 Å². The molecule has 27 heavy (non-hydrogen) atoms. The summed E-state index contributed by atoms with van der Waals surface area (Å²) in [6.07, 6.45) is 5.97. The summed E-state index contributed by atoms with van der Waals surface area (Å²) in [7, 11) is 0. The second-order valence-electron chi connectivity index (χ2n) is 8.93. The van der Waals surface area contributed by atoms with E-state index < -0.39 is 5.60 Å². The van der Waals surface area contributed by atoms with Crippen LogP contribution in [0.3, 0.4) is 0 Å². The zero-order valence-corrected chi connectivity index (χ0v) is 16.1. The Bertz CT molecular complexity index is 718. The summed E-state index contributed by atoms with van der Waals surface area (Å²) >= 11 is 5.84. The van der Waals surface area contributed by atoms with E-state index in [1.165, 1.54) is 6.42 Å². The maximum Gasteiger partial charge on any atom is 0.306 e. The topological polar surface area (TPSA) is 75.6 Å². The predicted octanol–water partition coefficient (Wildman–Crippen LogP) is 3.22. The molecule has 146 valence electrons. The first-order valence-corrected chi connectivity index (χ1v) is 10.1. The summed E-state index contributed by atoms with van der Waals surface area (Å²) in [6, 6.07) is 7.21. The molecule has 4 atom stereocenters. The van der Waals surface area contributed by atoms with Gasteiger partial charge in [0, 0.05) is 11.6 Å². The first-order valence-electron chi connectivity index (χ1n) is 9.72. The van der Waals surface area contributed by atoms with Crippen molar-refractivity contribution >= 4 is 23.5 Å². The van der Waals surface area contributed by atoms with Crippen LogP contribution in [0.25, 0.3) is 0 Å². The van der Waals surface area contributed by atoms with Crippen LogP contribution in [-0.2, 0) is 20.9 Å². The Kier molecular flexibility index (Phi) is 4.93. The van der Waals surface area contributed by atoms with Crippen molar-refractivity contribution in [1.82, 2.24) is 5.32 Å². The first kappa shape index (κ1) is 18.8. The molecule has 4 aliphatic rings. The Balaban J connectivity index is 1.24. The fourth-order valence-corrected chi connectivity index (χ4v) is 6.09. The molecule has 4 aliphatic carbocycles. The highest BCUT2D eigenvalue weighted by molar-refractivity contribution is 6.30. The van der Waals surface area contributed by atoms with Gasteiger partial charge in [-0.3, -0.25) is 9.59 Å². The third-order valence-corrected chi connectivity index (χ3v) is 6.69. The third-order valence-electron chi connectivity index (χ3n) is 6.44. The molecular formula is C21H26ClNO4. The van der Waals surface area contributed by atoms with Gasteiger partial charge in [0.1, 0.15) is 0 Å². The number of benzene rings is 1. The molecule has 6 heteroatoms. The molecular weight excluding hydrogens is 366 g/mol. The van der Waals surface area contributed by atoms with Gasteiger partial charge in [0.2, 0.25) is 0 Å². The van der Waals surface area contributed by atoms with Crippen LogP contribution in [0.2, 0.25) is 5.02 Å². The Morgan fingerprint density at radius 3 is 2.44 bits per heavy atom. The minimum absolute atomic E-state index is 0.129. The number of rotatable bonds is 6. The number of ether oxygens (including phenoxy) is 1. The van der Waals surface area contributed by atoms with Crippen molar-refractivity contribution in [1.29, 1.82) is 0 Å². The van der Waals surface area contributed by atoms with E-state index in [1.807, 2.05) is 12.1 Å². The van der Waals surface area contributed by atoms with E-state index in [-0.39, 0.29) is 23.9 Å². The lowest BCUT2D eigenvalue weighted by Crippen LogP contribution is -2.56. The van der Waals surface area contributed by atoms with Gasteiger partial charge in [-0.15, -0.1) is 0 Å². The average molecular weight is 392 g/mol. The zero-order valence-electron chi connectivity index (χ0n) is 15.4. The maximum absolute atomic E-state index is 12.3. The number of hydrogen-bond acceptors (Lipinski definition) is 4. The smallest absolute Gasteiger partial charge is 0.306 e. The molecule has 4 saturated carbocycles. The van der Waals surface area contributed by atoms with Crippen molar-refractivity contribution in [3.05, 3.63) is 34.9 Å². The number of aliphatic hydroxyl groups is 1. The van der Waals surface area contributed by atoms with Crippen LogP contribution in [0.4, 0.5) is 0 Å². The standard InChI is InChI=1S/C21H26ClNO4/c22-17-3-1-14(2-4-17)11-23-18(24)12-27-19(25)10-20-6-15-5-16(7-20)9-21(26,8-15)13-20/h1-4,15-16,26H,5-13H2,(H,23,24)/t15-,16+,20?,21?. The number of amides is 1. The van der Waals surface area contributed by atoms with Crippen LogP contribution in [0.15, 0.2) is 24.3 Å². The van der Waals surface area contributed by atoms with Gasteiger partial charge < -0.3 is 15.2 Å². The Labute approximate surface area is 164 Å². The van der Waals surface area contributed by atoms with Crippen molar-refractivity contribution in [2.24, 2.45) is 17.3 Å². The van der Waals surface area contributed by atoms with E-state index in [0.717, 1.165) is 31.2 Å². The Morgan fingerprint density at radius 1 is 1.15 bits per heavy atom. The van der Waals surface area contributed by atoms with Crippen molar-refractivity contribution in [2.45, 2.75) is 57.1 Å². The quantitative estimate of drug-likeness (QED) is 0.730. The van der Waals surface area contributed by atoms with Crippen molar-refractivity contribution in [3.63, 3.8) is 0 Å². The number of nitrogens with one attached hydrogen (secondary N) is 1. The van der Waals surface area contributed by atoms with Gasteiger partial charge in [0.05, 0.1) is 12.0 Å². The lowest BCUT2D eigenvalue weighted by molar-refractivity contribution is -0.177. The maximum atomic E-state index is 12.3. The minimum atomic E-state index is -0.583. The van der Waals surface area contributed by atoms with E-state index in [4.69, 9.17) is 16.3 Å². The van der Waals surface area contributed by atoms with E-state index in [1.54, 1.807) is 12.1 Å². The fraction of sp³-hybridized carbons (Fsp3) is 0.619. The van der Waals surface area contributed by atoms with E-state index in [0.29, 0.717) is 36.2 Å². The van der Waals surface area contributed by atoms with Crippen molar-refractivity contribution in [2.75, 3.05) is 6.61 Å². The van der Waals surface area contributed by atoms with Crippen LogP contribution in [0.5, 0.6) is 0 Å². The molecule has 1 amide bonds. The molecule has 4 bridgehead atoms. The molecule has 0 spiro atoms. The lowest BCUT2D eigenvalue weighted by Gasteiger charge is -2.60. The normalized spacial score (nSPS) is 33.7. The summed E-state index contributed by atoms with van der Waals surface area (Å²) in [5.41, 5.74) is 0.219. The lowest BCUT2D eigenvalue weighted by atomic mass is 9.47. The molecule has 0 aliphatic heterocycles. The molecule has 2 unspecified atom stereocenters.